The molecule has 0 spiro atoms. The molecule has 10 heavy (non-hydrogen) atoms. The lowest BCUT2D eigenvalue weighted by molar-refractivity contribution is 0.244. The van der Waals surface area contributed by atoms with Crippen molar-refractivity contribution in [2.75, 3.05) is 12.4 Å². The summed E-state index contributed by atoms with van der Waals surface area (Å²) >= 11 is 2.03. The summed E-state index contributed by atoms with van der Waals surface area (Å²) in [6.45, 7) is 4.99. The van der Waals surface area contributed by atoms with Gasteiger partial charge < -0.3 is 4.74 Å². The molecule has 0 N–H and O–H groups in total. The van der Waals surface area contributed by atoms with Gasteiger partial charge in [0.1, 0.15) is 0 Å². The number of ether oxygens (including phenoxy) is 1. The fraction of sp³-hybridized carbons (Fsp3) is 0.750. The third-order valence-corrected chi connectivity index (χ3v) is 2.32. The van der Waals surface area contributed by atoms with E-state index in [1.807, 2.05) is 31.9 Å². The van der Waals surface area contributed by atoms with Crippen molar-refractivity contribution < 1.29 is 4.74 Å². The first kappa shape index (κ1) is 7.99. The van der Waals surface area contributed by atoms with E-state index in [2.05, 4.69) is 0 Å². The summed E-state index contributed by atoms with van der Waals surface area (Å²) < 4.78 is 5.27. The molecule has 0 aromatic carbocycles. The zero-order chi connectivity index (χ0) is 7.40. The van der Waals surface area contributed by atoms with Crippen molar-refractivity contribution in [3.8, 4) is 0 Å². The predicted molar refractivity (Wildman–Crippen MR) is 46.2 cm³/mol. The minimum Gasteiger partial charge on any atom is -0.501 e. The van der Waals surface area contributed by atoms with Gasteiger partial charge in [0.25, 0.3) is 0 Å². The van der Waals surface area contributed by atoms with Crippen LogP contribution in [0.25, 0.3) is 0 Å². The van der Waals surface area contributed by atoms with Gasteiger partial charge in [-0.1, -0.05) is 0 Å². The molecule has 58 valence electrons. The molecule has 2 heteroatoms. The van der Waals surface area contributed by atoms with Crippen LogP contribution in [0.4, 0.5) is 0 Å². The summed E-state index contributed by atoms with van der Waals surface area (Å²) in [6.07, 6.45) is 3.06. The first-order valence-electron chi connectivity index (χ1n) is 3.65. The first-order chi connectivity index (χ1) is 4.79. The van der Waals surface area contributed by atoms with E-state index in [9.17, 15) is 0 Å². The molecule has 1 saturated heterocycles. The Bertz CT molecular complexity index is 123. The minimum atomic E-state index is 0.892. The molecule has 0 radical (unpaired) electrons. The van der Waals surface area contributed by atoms with E-state index < -0.39 is 0 Å². The van der Waals surface area contributed by atoms with Gasteiger partial charge >= 0.3 is 0 Å². The van der Waals surface area contributed by atoms with E-state index in [0.29, 0.717) is 0 Å². The van der Waals surface area contributed by atoms with Gasteiger partial charge in [-0.3, -0.25) is 0 Å². The summed E-state index contributed by atoms with van der Waals surface area (Å²) in [5.74, 6) is 1.35. The smallest absolute Gasteiger partial charge is 0.0884 e. The Kier molecular flexibility index (Phi) is 3.13. The minimum absolute atomic E-state index is 0.892. The maximum absolute atomic E-state index is 5.27. The molecule has 0 aliphatic carbocycles. The molecule has 1 nitrogen and oxygen atoms in total. The maximum Gasteiger partial charge on any atom is 0.0884 e. The summed E-state index contributed by atoms with van der Waals surface area (Å²) in [5.41, 5.74) is 1.24. The van der Waals surface area contributed by atoms with Crippen LogP contribution < -0.4 is 0 Å². The Balaban J connectivity index is 1.89. The Labute approximate surface area is 66.8 Å². The van der Waals surface area contributed by atoms with Crippen LogP contribution in [0.15, 0.2) is 11.8 Å². The number of allylic oxidation sites excluding steroid dienone is 1. The molecule has 1 fully saturated rings. The summed E-state index contributed by atoms with van der Waals surface area (Å²) in [6, 6.07) is 0. The van der Waals surface area contributed by atoms with Gasteiger partial charge in [-0.15, -0.1) is 0 Å². The molecule has 0 bridgehead atoms. The molecule has 1 rings (SSSR count). The number of hydrogen-bond acceptors (Lipinski definition) is 2. The van der Waals surface area contributed by atoms with Crippen molar-refractivity contribution >= 4 is 11.8 Å². The van der Waals surface area contributed by atoms with Crippen LogP contribution in [0.5, 0.6) is 0 Å². The Morgan fingerprint density at radius 2 is 2.40 bits per heavy atom. The monoisotopic (exact) mass is 158 g/mol. The van der Waals surface area contributed by atoms with Gasteiger partial charge in [0.15, 0.2) is 0 Å². The largest absolute Gasteiger partial charge is 0.501 e. The van der Waals surface area contributed by atoms with Crippen LogP contribution in [-0.4, -0.2) is 17.6 Å². The standard InChI is InChI=1S/C8H14OS/c1-7(2)5-9-4-3-8-6-10-8/h5,8H,3-4,6H2,1-2H3. The maximum atomic E-state index is 5.27. The van der Waals surface area contributed by atoms with Crippen LogP contribution in [0.3, 0.4) is 0 Å². The zero-order valence-corrected chi connectivity index (χ0v) is 7.41. The van der Waals surface area contributed by atoms with Gasteiger partial charge in [0.05, 0.1) is 12.9 Å². The SMILES string of the molecule is CC(C)=COCCC1CS1. The molecular formula is C8H14OS. The molecule has 1 heterocycles. The third kappa shape index (κ3) is 3.83. The van der Waals surface area contributed by atoms with Crippen LogP contribution in [-0.2, 0) is 4.74 Å². The molecule has 0 aromatic heterocycles. The van der Waals surface area contributed by atoms with Gasteiger partial charge in [-0.2, -0.15) is 11.8 Å². The molecular weight excluding hydrogens is 144 g/mol. The predicted octanol–water partition coefficient (Wildman–Crippen LogP) is 2.43. The van der Waals surface area contributed by atoms with Crippen LogP contribution in [0.1, 0.15) is 20.3 Å². The highest BCUT2D eigenvalue weighted by molar-refractivity contribution is 8.06. The normalized spacial score (nSPS) is 22.0. The van der Waals surface area contributed by atoms with Crippen molar-refractivity contribution in [1.82, 2.24) is 0 Å². The Morgan fingerprint density at radius 3 is 2.90 bits per heavy atom. The zero-order valence-electron chi connectivity index (χ0n) is 6.59. The third-order valence-electron chi connectivity index (χ3n) is 1.28. The average Bonchev–Trinajstić information content (AvgIpc) is 2.62. The van der Waals surface area contributed by atoms with Gasteiger partial charge in [-0.05, 0) is 25.8 Å². The number of hydrogen-bond donors (Lipinski definition) is 0. The molecule has 1 aliphatic rings. The number of thioether (sulfide) groups is 1. The van der Waals surface area contributed by atoms with Gasteiger partial charge in [0, 0.05) is 11.0 Å². The second kappa shape index (κ2) is 3.91. The highest BCUT2D eigenvalue weighted by atomic mass is 32.2. The molecule has 0 aromatic rings. The van der Waals surface area contributed by atoms with Crippen molar-refractivity contribution in [1.29, 1.82) is 0 Å². The van der Waals surface area contributed by atoms with Crippen molar-refractivity contribution in [3.63, 3.8) is 0 Å². The highest BCUT2D eigenvalue weighted by Crippen LogP contribution is 2.32. The van der Waals surface area contributed by atoms with Gasteiger partial charge in [-0.25, -0.2) is 0 Å². The van der Waals surface area contributed by atoms with Crippen LogP contribution in [0.2, 0.25) is 0 Å². The van der Waals surface area contributed by atoms with E-state index in [1.54, 1.807) is 0 Å². The Hall–Kier alpha value is -0.110. The average molecular weight is 158 g/mol. The summed E-state index contributed by atoms with van der Waals surface area (Å²) in [7, 11) is 0. The lowest BCUT2D eigenvalue weighted by Crippen LogP contribution is -1.92. The second-order valence-electron chi connectivity index (χ2n) is 2.81. The lowest BCUT2D eigenvalue weighted by Gasteiger charge is -1.98. The molecule has 1 atom stereocenters. The second-order valence-corrected chi connectivity index (χ2v) is 4.14. The van der Waals surface area contributed by atoms with Crippen LogP contribution >= 0.6 is 11.8 Å². The topological polar surface area (TPSA) is 9.23 Å². The fourth-order valence-corrected chi connectivity index (χ4v) is 1.23. The molecule has 0 amide bonds. The van der Waals surface area contributed by atoms with Crippen molar-refractivity contribution in [2.24, 2.45) is 0 Å². The first-order valence-corrected chi connectivity index (χ1v) is 4.70. The Morgan fingerprint density at radius 1 is 1.70 bits per heavy atom. The van der Waals surface area contributed by atoms with Gasteiger partial charge in [0.2, 0.25) is 0 Å². The lowest BCUT2D eigenvalue weighted by atomic mass is 10.3. The van der Waals surface area contributed by atoms with Crippen LogP contribution in [0, 0.1) is 0 Å². The van der Waals surface area contributed by atoms with E-state index in [1.165, 1.54) is 17.7 Å². The molecule has 1 aliphatic heterocycles. The van der Waals surface area contributed by atoms with Crippen molar-refractivity contribution in [3.05, 3.63) is 11.8 Å². The van der Waals surface area contributed by atoms with E-state index >= 15 is 0 Å². The fourth-order valence-electron chi connectivity index (χ4n) is 0.660. The highest BCUT2D eigenvalue weighted by Gasteiger charge is 2.21. The van der Waals surface area contributed by atoms with E-state index in [-0.39, 0.29) is 0 Å². The number of rotatable bonds is 4. The summed E-state index contributed by atoms with van der Waals surface area (Å²) in [5, 5.41) is 0.908. The quantitative estimate of drug-likeness (QED) is 0.353. The molecule has 0 saturated carbocycles. The molecule has 1 unspecified atom stereocenters. The van der Waals surface area contributed by atoms with Crippen molar-refractivity contribution in [2.45, 2.75) is 25.5 Å². The summed E-state index contributed by atoms with van der Waals surface area (Å²) in [4.78, 5) is 0. The van der Waals surface area contributed by atoms with E-state index in [0.717, 1.165) is 11.9 Å². The van der Waals surface area contributed by atoms with E-state index in [4.69, 9.17) is 4.74 Å².